The van der Waals surface area contributed by atoms with Crippen LogP contribution in [-0.4, -0.2) is 135 Å². The Balaban J connectivity index is 0.00000346. The number of esters is 1. The molecule has 0 radical (unpaired) electrons. The molecule has 22 heteroatoms. The van der Waals surface area contributed by atoms with Crippen LogP contribution in [0.1, 0.15) is 83.7 Å². The Bertz CT molecular complexity index is 2500. The van der Waals surface area contributed by atoms with Gasteiger partial charge in [0.25, 0.3) is 5.91 Å². The summed E-state index contributed by atoms with van der Waals surface area (Å²) in [5, 5.41) is 8.10. The molecule has 0 saturated carbocycles. The van der Waals surface area contributed by atoms with Gasteiger partial charge in [0.15, 0.2) is 0 Å². The molecule has 6 heterocycles. The number of piperazine rings is 1. The van der Waals surface area contributed by atoms with Crippen LogP contribution in [0.25, 0.3) is 33.4 Å². The number of ether oxygens (including phenoxy) is 2. The molecule has 5 atom stereocenters. The Morgan fingerprint density at radius 2 is 1.80 bits per heavy atom. The number of carbonyl (C=O) groups excluding carboxylic acids is 5. The number of cyclic esters (lactones) is 1. The molecule has 2 fully saturated rings. The molecule has 2 N–H and O–H groups in total. The fourth-order valence-electron chi connectivity index (χ4n) is 9.64. The van der Waals surface area contributed by atoms with Crippen LogP contribution in [-0.2, 0) is 48.0 Å². The van der Waals surface area contributed by atoms with E-state index in [1.165, 1.54) is 27.3 Å². The van der Waals surface area contributed by atoms with E-state index in [1.807, 2.05) is 39.1 Å². The highest BCUT2D eigenvalue weighted by Crippen LogP contribution is 2.42. The lowest BCUT2D eigenvalue weighted by molar-refractivity contribution is -0.155. The standard InChI is InChI=1S/C49H65N9O7S.5H2S/c1-11-41(59)55-21-22-57(30(5)26-55)48(63)54(9)43(29(3)4)45(60)52-37-24-40-51-38(27-66-40)32-17-18-39-34(23-32)35(44(56(39)12-2)33-15-13-19-50-42(33)31(6)64-10)25-49(7,8)28-65-47(62)36-16-14-20-58(53-36)46(37)61;;;;;/h11,13,15,17-19,23,27,29-31,36-37,43,53H,1,12,14,16,20-22,24-26,28H2,2-10H3,(H,52,60);5*1H2/t30-,31-,36-,37-,43-;;;;;/m0...../s1. The third-order valence-corrected chi connectivity index (χ3v) is 14.0. The summed E-state index contributed by atoms with van der Waals surface area (Å²) in [6.45, 7) is 19.6. The summed E-state index contributed by atoms with van der Waals surface area (Å²) in [6, 6.07) is 6.93. The number of pyridine rings is 1. The van der Waals surface area contributed by atoms with Crippen molar-refractivity contribution in [1.29, 1.82) is 0 Å². The maximum atomic E-state index is 14.6. The minimum Gasteiger partial charge on any atom is -0.464 e. The molecule has 1 aromatic carbocycles. The summed E-state index contributed by atoms with van der Waals surface area (Å²) in [4.78, 5) is 84.1. The van der Waals surface area contributed by atoms with Crippen molar-refractivity contribution < 1.29 is 33.4 Å². The Labute approximate surface area is 457 Å². The van der Waals surface area contributed by atoms with Gasteiger partial charge in [0.05, 0.1) is 34.8 Å². The van der Waals surface area contributed by atoms with Crippen molar-refractivity contribution in [1.82, 2.24) is 45.0 Å². The van der Waals surface area contributed by atoms with E-state index in [-0.39, 0.29) is 111 Å². The zero-order chi connectivity index (χ0) is 47.6. The van der Waals surface area contributed by atoms with Gasteiger partial charge in [0.2, 0.25) is 11.8 Å². The number of thiazole rings is 1. The highest BCUT2D eigenvalue weighted by molar-refractivity contribution is 7.60. The molecule has 5 amide bonds. The molecule has 0 unspecified atom stereocenters. The Hall–Kier alpha value is -3.90. The molecule has 7 rings (SSSR count). The monoisotopic (exact) mass is 1090 g/mol. The number of rotatable bonds is 9. The number of nitrogens with one attached hydrogen (secondary N) is 2. The first-order valence-corrected chi connectivity index (χ1v) is 23.9. The molecule has 16 nitrogen and oxygen atoms in total. The lowest BCUT2D eigenvalue weighted by Crippen LogP contribution is -2.63. The van der Waals surface area contributed by atoms with E-state index in [9.17, 15) is 24.0 Å². The molecule has 6 bridgehead atoms. The molecule has 3 aliphatic rings. The lowest BCUT2D eigenvalue weighted by Gasteiger charge is -2.43. The third kappa shape index (κ3) is 13.6. The number of benzene rings is 1. The number of hydrogen-bond donors (Lipinski definition) is 2. The lowest BCUT2D eigenvalue weighted by atomic mass is 9.84. The molecule has 71 heavy (non-hydrogen) atoms. The number of hydrogen-bond acceptors (Lipinski definition) is 11. The van der Waals surface area contributed by atoms with Crippen molar-refractivity contribution in [2.45, 2.75) is 111 Å². The van der Waals surface area contributed by atoms with Gasteiger partial charge in [-0.3, -0.25) is 29.2 Å². The van der Waals surface area contributed by atoms with Crippen LogP contribution in [0.3, 0.4) is 0 Å². The summed E-state index contributed by atoms with van der Waals surface area (Å²) in [5.41, 5.74) is 9.25. The molecule has 0 aliphatic carbocycles. The van der Waals surface area contributed by atoms with Crippen LogP contribution in [0.4, 0.5) is 4.79 Å². The predicted octanol–water partition coefficient (Wildman–Crippen LogP) is 6.56. The van der Waals surface area contributed by atoms with Crippen LogP contribution in [0.5, 0.6) is 0 Å². The fourth-order valence-corrected chi connectivity index (χ4v) is 10.5. The molecule has 394 valence electrons. The van der Waals surface area contributed by atoms with Crippen LogP contribution in [0, 0.1) is 11.3 Å². The van der Waals surface area contributed by atoms with Crippen molar-refractivity contribution >= 4 is 119 Å². The predicted molar refractivity (Wildman–Crippen MR) is 306 cm³/mol. The Kier molecular flexibility index (Phi) is 23.9. The van der Waals surface area contributed by atoms with Crippen LogP contribution < -0.4 is 10.7 Å². The van der Waals surface area contributed by atoms with Crippen LogP contribution in [0.15, 0.2) is 54.6 Å². The first kappa shape index (κ1) is 63.2. The second kappa shape index (κ2) is 26.9. The van der Waals surface area contributed by atoms with E-state index < -0.39 is 41.3 Å². The normalized spacial score (nSPS) is 19.7. The molecule has 2 saturated heterocycles. The van der Waals surface area contributed by atoms with Gasteiger partial charge < -0.3 is 34.1 Å². The van der Waals surface area contributed by atoms with Crippen LogP contribution >= 0.6 is 78.8 Å². The first-order valence-electron chi connectivity index (χ1n) is 23.0. The number of methoxy groups -OCH3 is 1. The second-order valence-electron chi connectivity index (χ2n) is 18.9. The highest BCUT2D eigenvalue weighted by atomic mass is 32.1. The summed E-state index contributed by atoms with van der Waals surface area (Å²) in [6.07, 6.45) is 4.44. The number of nitrogens with zero attached hydrogens (tertiary/aromatic N) is 7. The quantitative estimate of drug-likeness (QED) is 0.138. The van der Waals surface area contributed by atoms with Crippen molar-refractivity contribution in [2.24, 2.45) is 11.3 Å². The highest BCUT2D eigenvalue weighted by Gasteiger charge is 2.40. The van der Waals surface area contributed by atoms with E-state index in [0.29, 0.717) is 57.0 Å². The van der Waals surface area contributed by atoms with Gasteiger partial charge in [-0.1, -0.05) is 40.3 Å². The minimum atomic E-state index is -1.09. The number of carbonyl (C=O) groups is 5. The van der Waals surface area contributed by atoms with E-state index in [2.05, 4.69) is 66.9 Å². The van der Waals surface area contributed by atoms with Crippen molar-refractivity contribution in [3.8, 4) is 22.5 Å². The number of fused-ring (bicyclic) bond motifs is 6. The van der Waals surface area contributed by atoms with Crippen LogP contribution in [0.2, 0.25) is 0 Å². The Morgan fingerprint density at radius 3 is 2.45 bits per heavy atom. The van der Waals surface area contributed by atoms with Crippen molar-refractivity contribution in [3.05, 3.63) is 70.8 Å². The number of aryl methyl sites for hydroxylation is 1. The fraction of sp³-hybridized carbons (Fsp3) is 0.531. The van der Waals surface area contributed by atoms with Gasteiger partial charge in [-0.2, -0.15) is 67.5 Å². The number of amides is 5. The van der Waals surface area contributed by atoms with Crippen molar-refractivity contribution in [3.63, 3.8) is 0 Å². The number of hydrazine groups is 1. The van der Waals surface area contributed by atoms with Gasteiger partial charge in [-0.15, -0.1) is 11.3 Å². The maximum absolute atomic E-state index is 14.6. The van der Waals surface area contributed by atoms with Gasteiger partial charge in [-0.05, 0) is 81.9 Å². The number of likely N-dealkylation sites (N-methyl/N-ethyl adjacent to an activating group) is 1. The molecular formula is C49H75N9O7S6. The van der Waals surface area contributed by atoms with E-state index >= 15 is 0 Å². The minimum absolute atomic E-state index is 0. The molecule has 0 spiro atoms. The molecule has 3 aliphatic heterocycles. The van der Waals surface area contributed by atoms with E-state index in [1.54, 1.807) is 30.2 Å². The maximum Gasteiger partial charge on any atom is 0.324 e. The van der Waals surface area contributed by atoms with E-state index in [0.717, 1.165) is 44.7 Å². The second-order valence-corrected chi connectivity index (χ2v) is 19.8. The molecule has 3 aromatic heterocycles. The largest absolute Gasteiger partial charge is 0.464 e. The smallest absolute Gasteiger partial charge is 0.324 e. The first-order chi connectivity index (χ1) is 31.5. The van der Waals surface area contributed by atoms with Gasteiger partial charge in [0.1, 0.15) is 18.1 Å². The van der Waals surface area contributed by atoms with Crippen molar-refractivity contribution in [2.75, 3.05) is 46.9 Å². The zero-order valence-electron chi connectivity index (χ0n) is 42.3. The number of aromatic nitrogens is 3. The molecular weight excluding hydrogens is 1020 g/mol. The van der Waals surface area contributed by atoms with Gasteiger partial charge >= 0.3 is 12.0 Å². The van der Waals surface area contributed by atoms with Gasteiger partial charge in [-0.25, -0.2) is 15.2 Å². The third-order valence-electron chi connectivity index (χ3n) is 13.1. The summed E-state index contributed by atoms with van der Waals surface area (Å²) < 4.78 is 14.2. The summed E-state index contributed by atoms with van der Waals surface area (Å²) in [7, 11) is 3.28. The SMILES string of the molecule is C=CC(=O)N1CCN(C(=O)N(C)[C@H](C(=O)N[C@H]2Cc3nc(cs3)-c3ccc4c(c3)c(c(-c3cccnc3[C@H](C)OC)n4CC)CC(C)(C)COC(=O)[C@@H]3CCCN(N3)C2=O)C(C)C)[C@@H](C)C1.S.S.S.S.S. The summed E-state index contributed by atoms with van der Waals surface area (Å²) in [5.74, 6) is -1.90. The zero-order valence-corrected chi connectivity index (χ0v) is 48.1. The summed E-state index contributed by atoms with van der Waals surface area (Å²) >= 11 is 1.40. The van der Waals surface area contributed by atoms with E-state index in [4.69, 9.17) is 19.4 Å². The number of urea groups is 1. The molecule has 4 aromatic rings. The average molecular weight is 1090 g/mol. The Morgan fingerprint density at radius 1 is 1.08 bits per heavy atom. The van der Waals surface area contributed by atoms with Gasteiger partial charge in [0, 0.05) is 98.4 Å². The average Bonchev–Trinajstić information content (AvgIpc) is 3.90. The topological polar surface area (TPSA) is 172 Å².